The van der Waals surface area contributed by atoms with Crippen LogP contribution in [0.5, 0.6) is 11.5 Å². The average molecular weight is 360 g/mol. The highest BCUT2D eigenvalue weighted by Crippen LogP contribution is 2.37. The molecule has 134 valence electrons. The lowest BCUT2D eigenvalue weighted by atomic mass is 9.85. The van der Waals surface area contributed by atoms with Gasteiger partial charge in [0.1, 0.15) is 0 Å². The molecule has 0 saturated carbocycles. The van der Waals surface area contributed by atoms with E-state index in [1.807, 2.05) is 39.0 Å². The molecule has 1 aliphatic heterocycles. The van der Waals surface area contributed by atoms with Crippen LogP contribution in [0.3, 0.4) is 0 Å². The van der Waals surface area contributed by atoms with Crippen molar-refractivity contribution in [3.63, 3.8) is 0 Å². The van der Waals surface area contributed by atoms with Gasteiger partial charge in [-0.15, -0.1) is 0 Å². The molecule has 1 aromatic carbocycles. The van der Waals surface area contributed by atoms with Gasteiger partial charge in [-0.1, -0.05) is 6.07 Å². The third kappa shape index (κ3) is 3.79. The van der Waals surface area contributed by atoms with Gasteiger partial charge in [-0.2, -0.15) is 0 Å². The fourth-order valence-electron chi connectivity index (χ4n) is 3.28. The van der Waals surface area contributed by atoms with E-state index in [9.17, 15) is 4.79 Å². The zero-order valence-electron chi connectivity index (χ0n) is 14.8. The quantitative estimate of drug-likeness (QED) is 0.785. The highest BCUT2D eigenvalue weighted by molar-refractivity contribution is 7.80. The maximum Gasteiger partial charge on any atom is 0.171 e. The van der Waals surface area contributed by atoms with Gasteiger partial charge >= 0.3 is 0 Å². The molecule has 2 aliphatic rings. The molecule has 6 heteroatoms. The Morgan fingerprint density at radius 3 is 2.80 bits per heavy atom. The Morgan fingerprint density at radius 2 is 2.08 bits per heavy atom. The van der Waals surface area contributed by atoms with Crippen molar-refractivity contribution in [3.8, 4) is 11.5 Å². The van der Waals surface area contributed by atoms with E-state index in [2.05, 4.69) is 10.6 Å². The maximum absolute atomic E-state index is 12.5. The molecule has 5 nitrogen and oxygen atoms in total. The predicted molar refractivity (Wildman–Crippen MR) is 101 cm³/mol. The van der Waals surface area contributed by atoms with E-state index in [4.69, 9.17) is 21.7 Å². The van der Waals surface area contributed by atoms with Crippen molar-refractivity contribution in [3.05, 3.63) is 35.0 Å². The number of carbonyl (C=O) groups excluding carboxylic acids is 1. The molecule has 25 heavy (non-hydrogen) atoms. The summed E-state index contributed by atoms with van der Waals surface area (Å²) >= 11 is 5.33. The number of nitrogens with one attached hydrogen (secondary N) is 2. The van der Waals surface area contributed by atoms with Crippen molar-refractivity contribution < 1.29 is 14.3 Å². The Hall–Kier alpha value is -2.08. The average Bonchev–Trinajstić information content (AvgIpc) is 2.55. The van der Waals surface area contributed by atoms with Crippen LogP contribution in [0.25, 0.3) is 0 Å². The van der Waals surface area contributed by atoms with Crippen LogP contribution in [0.2, 0.25) is 0 Å². The fourth-order valence-corrected chi connectivity index (χ4v) is 3.52. The van der Waals surface area contributed by atoms with Crippen molar-refractivity contribution in [1.82, 2.24) is 10.6 Å². The lowest BCUT2D eigenvalue weighted by Crippen LogP contribution is -2.46. The van der Waals surface area contributed by atoms with Crippen LogP contribution in [-0.2, 0) is 4.79 Å². The van der Waals surface area contributed by atoms with Crippen LogP contribution < -0.4 is 20.1 Å². The maximum atomic E-state index is 12.5. The smallest absolute Gasteiger partial charge is 0.171 e. The van der Waals surface area contributed by atoms with E-state index in [1.165, 1.54) is 0 Å². The summed E-state index contributed by atoms with van der Waals surface area (Å²) in [6.07, 6.45) is 2.36. The number of benzene rings is 1. The predicted octanol–water partition coefficient (Wildman–Crippen LogP) is 3.40. The zero-order chi connectivity index (χ0) is 18.0. The topological polar surface area (TPSA) is 59.6 Å². The molecular weight excluding hydrogens is 336 g/mol. The Labute approximate surface area is 153 Å². The number of ketones is 1. The van der Waals surface area contributed by atoms with Crippen LogP contribution in [0.1, 0.15) is 51.6 Å². The number of rotatable bonds is 5. The second-order valence-corrected chi connectivity index (χ2v) is 6.91. The lowest BCUT2D eigenvalue weighted by molar-refractivity contribution is -0.116. The van der Waals surface area contributed by atoms with Gasteiger partial charge in [-0.05, 0) is 63.5 Å². The summed E-state index contributed by atoms with van der Waals surface area (Å²) in [7, 11) is 0. The van der Waals surface area contributed by atoms with Gasteiger partial charge < -0.3 is 20.1 Å². The summed E-state index contributed by atoms with van der Waals surface area (Å²) in [5, 5.41) is 6.94. The first-order valence-electron chi connectivity index (χ1n) is 8.76. The molecule has 2 N–H and O–H groups in total. The summed E-state index contributed by atoms with van der Waals surface area (Å²) < 4.78 is 11.6. The first kappa shape index (κ1) is 17.7. The number of ether oxygens (including phenoxy) is 2. The van der Waals surface area contributed by atoms with Crippen molar-refractivity contribution in [1.29, 1.82) is 0 Å². The Kier molecular flexibility index (Phi) is 5.27. The minimum atomic E-state index is -0.246. The molecular formula is C19H24N2O3S. The second kappa shape index (κ2) is 7.44. The van der Waals surface area contributed by atoms with Crippen LogP contribution in [0.15, 0.2) is 29.5 Å². The monoisotopic (exact) mass is 360 g/mol. The molecule has 0 fully saturated rings. The number of carbonyl (C=O) groups is 1. The molecule has 1 aromatic rings. The van der Waals surface area contributed by atoms with Crippen molar-refractivity contribution in [2.24, 2.45) is 0 Å². The lowest BCUT2D eigenvalue weighted by Gasteiger charge is -2.34. The molecule has 0 radical (unpaired) electrons. The van der Waals surface area contributed by atoms with Gasteiger partial charge in [0.2, 0.25) is 0 Å². The van der Waals surface area contributed by atoms with E-state index in [0.717, 1.165) is 29.7 Å². The summed E-state index contributed by atoms with van der Waals surface area (Å²) in [6, 6.07) is 5.57. The standard InChI is InChI=1S/C19H24N2O3S/c1-4-23-16-10-12(8-9-15(16)24-11(2)3)18-17-13(20-19(25)21-18)6-5-7-14(17)22/h8-11,18H,4-7H2,1-3H3,(H2,20,21,25). The van der Waals surface area contributed by atoms with Crippen molar-refractivity contribution in [2.45, 2.75) is 52.2 Å². The van der Waals surface area contributed by atoms with Gasteiger partial charge in [-0.3, -0.25) is 4.79 Å². The minimum Gasteiger partial charge on any atom is -0.490 e. The SMILES string of the molecule is CCOc1cc(C2NC(=S)NC3=C2C(=O)CCC3)ccc1OC(C)C. The van der Waals surface area contributed by atoms with Gasteiger partial charge in [0.15, 0.2) is 22.4 Å². The molecule has 1 aliphatic carbocycles. The molecule has 1 atom stereocenters. The number of hydrogen-bond donors (Lipinski definition) is 2. The summed E-state index contributed by atoms with van der Waals surface area (Å²) in [4.78, 5) is 12.5. The van der Waals surface area contributed by atoms with Crippen LogP contribution in [-0.4, -0.2) is 23.6 Å². The van der Waals surface area contributed by atoms with Gasteiger partial charge in [0.25, 0.3) is 0 Å². The molecule has 1 heterocycles. The number of hydrogen-bond acceptors (Lipinski definition) is 4. The molecule has 0 saturated heterocycles. The van der Waals surface area contributed by atoms with E-state index in [-0.39, 0.29) is 17.9 Å². The van der Waals surface area contributed by atoms with Crippen LogP contribution >= 0.6 is 12.2 Å². The van der Waals surface area contributed by atoms with Crippen molar-refractivity contribution in [2.75, 3.05) is 6.61 Å². The minimum absolute atomic E-state index is 0.0591. The van der Waals surface area contributed by atoms with E-state index < -0.39 is 0 Å². The first-order chi connectivity index (χ1) is 12.0. The second-order valence-electron chi connectivity index (χ2n) is 6.51. The molecule has 0 amide bonds. The summed E-state index contributed by atoms with van der Waals surface area (Å²) in [5.74, 6) is 1.57. The normalized spacial score (nSPS) is 20.1. The molecule has 0 aromatic heterocycles. The number of Topliss-reactive ketones (excluding diaryl/α,β-unsaturated/α-hetero) is 1. The molecule has 3 rings (SSSR count). The zero-order valence-corrected chi connectivity index (χ0v) is 15.7. The molecule has 1 unspecified atom stereocenters. The third-order valence-corrected chi connectivity index (χ3v) is 4.47. The van der Waals surface area contributed by atoms with Gasteiger partial charge in [-0.25, -0.2) is 0 Å². The Morgan fingerprint density at radius 1 is 1.28 bits per heavy atom. The Balaban J connectivity index is 2.00. The van der Waals surface area contributed by atoms with Crippen molar-refractivity contribution >= 4 is 23.1 Å². The largest absolute Gasteiger partial charge is 0.490 e. The Bertz CT molecular complexity index is 727. The summed E-state index contributed by atoms with van der Waals surface area (Å²) in [5.41, 5.74) is 2.69. The highest BCUT2D eigenvalue weighted by atomic mass is 32.1. The van der Waals surface area contributed by atoms with Gasteiger partial charge in [0.05, 0.1) is 18.8 Å². The van der Waals surface area contributed by atoms with E-state index in [0.29, 0.717) is 29.6 Å². The highest BCUT2D eigenvalue weighted by Gasteiger charge is 2.33. The molecule has 0 bridgehead atoms. The van der Waals surface area contributed by atoms with Crippen LogP contribution in [0.4, 0.5) is 0 Å². The third-order valence-electron chi connectivity index (χ3n) is 4.25. The van der Waals surface area contributed by atoms with Gasteiger partial charge in [0, 0.05) is 17.7 Å². The first-order valence-corrected chi connectivity index (χ1v) is 9.17. The van der Waals surface area contributed by atoms with Crippen LogP contribution in [0, 0.1) is 0 Å². The number of allylic oxidation sites excluding steroid dienone is 1. The number of thiocarbonyl (C=S) groups is 1. The summed E-state index contributed by atoms with van der Waals surface area (Å²) in [6.45, 7) is 6.44. The van der Waals surface area contributed by atoms with E-state index >= 15 is 0 Å². The fraction of sp³-hybridized carbons (Fsp3) is 0.474. The van der Waals surface area contributed by atoms with E-state index in [1.54, 1.807) is 0 Å². The molecule has 0 spiro atoms.